The van der Waals surface area contributed by atoms with Gasteiger partial charge in [0.2, 0.25) is 5.88 Å². The minimum atomic E-state index is 0.655. The van der Waals surface area contributed by atoms with Gasteiger partial charge < -0.3 is 10.1 Å². The maximum Gasteiger partial charge on any atom is 0.213 e. The number of aromatic nitrogens is 3. The van der Waals surface area contributed by atoms with Crippen LogP contribution in [0, 0.1) is 0 Å². The van der Waals surface area contributed by atoms with Crippen molar-refractivity contribution in [1.82, 2.24) is 20.5 Å². The van der Waals surface area contributed by atoms with Gasteiger partial charge in [0, 0.05) is 25.0 Å². The van der Waals surface area contributed by atoms with Crippen molar-refractivity contribution in [1.29, 1.82) is 0 Å². The zero-order valence-electron chi connectivity index (χ0n) is 11.0. The first-order valence-corrected chi connectivity index (χ1v) is 6.33. The molecule has 0 aliphatic carbocycles. The van der Waals surface area contributed by atoms with Gasteiger partial charge in [0.1, 0.15) is 0 Å². The highest BCUT2D eigenvalue weighted by atomic mass is 16.5. The van der Waals surface area contributed by atoms with E-state index < -0.39 is 0 Å². The SMILES string of the molecule is COc1cc(CNCCCc2ccnnc2)ccn1. The Morgan fingerprint density at radius 2 is 2.05 bits per heavy atom. The quantitative estimate of drug-likeness (QED) is 0.764. The fourth-order valence-electron chi connectivity index (χ4n) is 1.79. The topological polar surface area (TPSA) is 59.9 Å². The van der Waals surface area contributed by atoms with Gasteiger partial charge in [-0.25, -0.2) is 4.98 Å². The number of nitrogens with zero attached hydrogens (tertiary/aromatic N) is 3. The highest BCUT2D eigenvalue weighted by Crippen LogP contribution is 2.08. The lowest BCUT2D eigenvalue weighted by molar-refractivity contribution is 0.397. The van der Waals surface area contributed by atoms with Crippen LogP contribution in [0.2, 0.25) is 0 Å². The van der Waals surface area contributed by atoms with Gasteiger partial charge in [-0.15, -0.1) is 0 Å². The summed E-state index contributed by atoms with van der Waals surface area (Å²) in [6.07, 6.45) is 7.40. The molecule has 0 fully saturated rings. The molecule has 0 spiro atoms. The Morgan fingerprint density at radius 1 is 1.16 bits per heavy atom. The second-order valence-electron chi connectivity index (χ2n) is 4.24. The van der Waals surface area contributed by atoms with E-state index in [1.165, 1.54) is 11.1 Å². The Hall–Kier alpha value is -2.01. The van der Waals surface area contributed by atoms with E-state index in [2.05, 4.69) is 20.5 Å². The molecule has 0 unspecified atom stereocenters. The molecule has 0 atom stereocenters. The van der Waals surface area contributed by atoms with Gasteiger partial charge in [-0.3, -0.25) is 0 Å². The van der Waals surface area contributed by atoms with Crippen LogP contribution >= 0.6 is 0 Å². The van der Waals surface area contributed by atoms with Crippen LogP contribution in [0.4, 0.5) is 0 Å². The third-order valence-electron chi connectivity index (χ3n) is 2.80. The zero-order valence-corrected chi connectivity index (χ0v) is 11.0. The normalized spacial score (nSPS) is 10.4. The second-order valence-corrected chi connectivity index (χ2v) is 4.24. The lowest BCUT2D eigenvalue weighted by Gasteiger charge is -2.06. The third kappa shape index (κ3) is 4.63. The molecule has 0 aliphatic rings. The van der Waals surface area contributed by atoms with Crippen LogP contribution in [0.5, 0.6) is 5.88 Å². The van der Waals surface area contributed by atoms with E-state index in [0.29, 0.717) is 5.88 Å². The van der Waals surface area contributed by atoms with Crippen LogP contribution in [0.1, 0.15) is 17.5 Å². The van der Waals surface area contributed by atoms with Crippen LogP contribution in [0.3, 0.4) is 0 Å². The molecule has 2 aromatic heterocycles. The van der Waals surface area contributed by atoms with E-state index in [1.807, 2.05) is 24.4 Å². The summed E-state index contributed by atoms with van der Waals surface area (Å²) in [5, 5.41) is 11.0. The number of rotatable bonds is 7. The summed E-state index contributed by atoms with van der Waals surface area (Å²) in [5.41, 5.74) is 2.40. The van der Waals surface area contributed by atoms with Gasteiger partial charge in [-0.1, -0.05) is 0 Å². The summed E-state index contributed by atoms with van der Waals surface area (Å²) in [4.78, 5) is 4.08. The smallest absolute Gasteiger partial charge is 0.213 e. The molecule has 0 aromatic carbocycles. The average molecular weight is 258 g/mol. The van der Waals surface area contributed by atoms with E-state index in [-0.39, 0.29) is 0 Å². The van der Waals surface area contributed by atoms with Gasteiger partial charge in [-0.05, 0) is 42.6 Å². The number of pyridine rings is 1. The third-order valence-corrected chi connectivity index (χ3v) is 2.80. The van der Waals surface area contributed by atoms with E-state index in [9.17, 15) is 0 Å². The molecule has 0 aliphatic heterocycles. The maximum absolute atomic E-state index is 5.09. The first-order valence-electron chi connectivity index (χ1n) is 6.33. The molecule has 0 radical (unpaired) electrons. The van der Waals surface area contributed by atoms with Crippen molar-refractivity contribution in [2.24, 2.45) is 0 Å². The van der Waals surface area contributed by atoms with Crippen molar-refractivity contribution in [2.45, 2.75) is 19.4 Å². The molecule has 1 N–H and O–H groups in total. The number of methoxy groups -OCH3 is 1. The van der Waals surface area contributed by atoms with Gasteiger partial charge in [0.15, 0.2) is 0 Å². The molecule has 0 saturated heterocycles. The summed E-state index contributed by atoms with van der Waals surface area (Å²) in [6, 6.07) is 5.93. The number of aryl methyl sites for hydroxylation is 1. The summed E-state index contributed by atoms with van der Waals surface area (Å²) in [5.74, 6) is 0.655. The minimum Gasteiger partial charge on any atom is -0.481 e. The zero-order chi connectivity index (χ0) is 13.3. The van der Waals surface area contributed by atoms with Crippen LogP contribution < -0.4 is 10.1 Å². The molecule has 5 heteroatoms. The fourth-order valence-corrected chi connectivity index (χ4v) is 1.79. The van der Waals surface area contributed by atoms with Crippen molar-refractivity contribution in [3.63, 3.8) is 0 Å². The molecular formula is C14H18N4O. The Balaban J connectivity index is 1.66. The van der Waals surface area contributed by atoms with Crippen LogP contribution in [0.15, 0.2) is 36.8 Å². The molecule has 2 heterocycles. The second kappa shape index (κ2) is 7.43. The first kappa shape index (κ1) is 13.4. The predicted molar refractivity (Wildman–Crippen MR) is 72.8 cm³/mol. The standard InChI is InChI=1S/C14H18N4O/c1-19-14-9-13(4-7-16-14)10-15-6-2-3-12-5-8-17-18-11-12/h4-5,7-9,11,15H,2-3,6,10H2,1H3. The molecular weight excluding hydrogens is 240 g/mol. The van der Waals surface area contributed by atoms with E-state index >= 15 is 0 Å². The van der Waals surface area contributed by atoms with Crippen molar-refractivity contribution in [3.05, 3.63) is 47.9 Å². The van der Waals surface area contributed by atoms with Crippen molar-refractivity contribution >= 4 is 0 Å². The minimum absolute atomic E-state index is 0.655. The number of hydrogen-bond acceptors (Lipinski definition) is 5. The molecule has 2 aromatic rings. The van der Waals surface area contributed by atoms with E-state index in [0.717, 1.165) is 25.9 Å². The Bertz CT molecular complexity index is 490. The lowest BCUT2D eigenvalue weighted by Crippen LogP contribution is -2.15. The first-order chi connectivity index (χ1) is 9.38. The lowest BCUT2D eigenvalue weighted by atomic mass is 10.2. The van der Waals surface area contributed by atoms with E-state index in [4.69, 9.17) is 4.74 Å². The van der Waals surface area contributed by atoms with Gasteiger partial charge in [-0.2, -0.15) is 10.2 Å². The Labute approximate surface area is 113 Å². The highest BCUT2D eigenvalue weighted by Gasteiger charge is 1.97. The average Bonchev–Trinajstić information content (AvgIpc) is 2.48. The van der Waals surface area contributed by atoms with Crippen molar-refractivity contribution < 1.29 is 4.74 Å². The highest BCUT2D eigenvalue weighted by molar-refractivity contribution is 5.20. The van der Waals surface area contributed by atoms with Crippen LogP contribution in [-0.4, -0.2) is 28.8 Å². The summed E-state index contributed by atoms with van der Waals surface area (Å²) in [7, 11) is 1.63. The largest absolute Gasteiger partial charge is 0.481 e. The Morgan fingerprint density at radius 3 is 2.84 bits per heavy atom. The summed E-state index contributed by atoms with van der Waals surface area (Å²) in [6.45, 7) is 1.79. The van der Waals surface area contributed by atoms with Gasteiger partial charge >= 0.3 is 0 Å². The predicted octanol–water partition coefficient (Wildman–Crippen LogP) is 1.60. The molecule has 100 valence electrons. The Kier molecular flexibility index (Phi) is 5.25. The summed E-state index contributed by atoms with van der Waals surface area (Å²) < 4.78 is 5.09. The summed E-state index contributed by atoms with van der Waals surface area (Å²) >= 11 is 0. The monoisotopic (exact) mass is 258 g/mol. The number of nitrogens with one attached hydrogen (secondary N) is 1. The van der Waals surface area contributed by atoms with Gasteiger partial charge in [0.05, 0.1) is 13.3 Å². The molecule has 2 rings (SSSR count). The van der Waals surface area contributed by atoms with Crippen molar-refractivity contribution in [2.75, 3.05) is 13.7 Å². The fraction of sp³-hybridized carbons (Fsp3) is 0.357. The van der Waals surface area contributed by atoms with E-state index in [1.54, 1.807) is 19.5 Å². The number of ether oxygens (including phenoxy) is 1. The van der Waals surface area contributed by atoms with Gasteiger partial charge in [0.25, 0.3) is 0 Å². The number of hydrogen-bond donors (Lipinski definition) is 1. The maximum atomic E-state index is 5.09. The molecule has 0 saturated carbocycles. The molecule has 19 heavy (non-hydrogen) atoms. The molecule has 0 amide bonds. The van der Waals surface area contributed by atoms with Crippen molar-refractivity contribution in [3.8, 4) is 5.88 Å². The van der Waals surface area contributed by atoms with Crippen LogP contribution in [-0.2, 0) is 13.0 Å². The molecule has 0 bridgehead atoms. The van der Waals surface area contributed by atoms with Crippen LogP contribution in [0.25, 0.3) is 0 Å². The molecule has 5 nitrogen and oxygen atoms in total.